The summed E-state index contributed by atoms with van der Waals surface area (Å²) in [5.74, 6) is 0.871. The third kappa shape index (κ3) is 5.84. The molecule has 0 amide bonds. The minimum absolute atomic E-state index is 0.154. The smallest absolute Gasteiger partial charge is 0.167 e. The molecule has 4 aliphatic carbocycles. The summed E-state index contributed by atoms with van der Waals surface area (Å²) in [6.07, 6.45) is 11.8. The molecule has 2 unspecified atom stereocenters. The van der Waals surface area contributed by atoms with Crippen molar-refractivity contribution in [3.63, 3.8) is 0 Å². The third-order valence-electron chi connectivity index (χ3n) is 17.1. The predicted octanol–water partition coefficient (Wildman–Crippen LogP) is 16.6. The van der Waals surface area contributed by atoms with Gasteiger partial charge in [-0.15, -0.1) is 0 Å². The van der Waals surface area contributed by atoms with Crippen LogP contribution in [0.1, 0.15) is 71.5 Å². The van der Waals surface area contributed by atoms with Gasteiger partial charge in [0.2, 0.25) is 0 Å². The van der Waals surface area contributed by atoms with Gasteiger partial charge in [0, 0.05) is 22.5 Å². The summed E-state index contributed by atoms with van der Waals surface area (Å²) in [6, 6.07) is 74.0. The van der Waals surface area contributed by atoms with E-state index in [-0.39, 0.29) is 11.4 Å². The Kier molecular flexibility index (Phi) is 9.50. The monoisotopic (exact) mass is 972 g/mol. The van der Waals surface area contributed by atoms with Crippen LogP contribution in [-0.4, -0.2) is 9.97 Å². The lowest BCUT2D eigenvalue weighted by Gasteiger charge is -2.47. The number of aromatic nitrogens is 2. The lowest BCUT2D eigenvalue weighted by Crippen LogP contribution is -2.38. The van der Waals surface area contributed by atoms with E-state index in [1.165, 1.54) is 66.8 Å². The van der Waals surface area contributed by atoms with Gasteiger partial charge in [-0.2, -0.15) is 10.5 Å². The lowest BCUT2D eigenvalue weighted by atomic mass is 9.61. The van der Waals surface area contributed by atoms with Gasteiger partial charge in [0.1, 0.15) is 23.5 Å². The molecule has 0 saturated heterocycles. The van der Waals surface area contributed by atoms with Gasteiger partial charge in [-0.25, -0.2) is 9.97 Å². The average molecular weight is 973 g/mol. The Bertz CT molecular complexity index is 4050. The van der Waals surface area contributed by atoms with Gasteiger partial charge in [-0.1, -0.05) is 184 Å². The maximum Gasteiger partial charge on any atom is 0.167 e. The molecule has 1 aromatic heterocycles. The second-order valence-corrected chi connectivity index (χ2v) is 21.1. The second-order valence-electron chi connectivity index (χ2n) is 21.1. The molecule has 76 heavy (non-hydrogen) atoms. The van der Waals surface area contributed by atoms with E-state index in [1.54, 1.807) is 0 Å². The number of hydrogen-bond donors (Lipinski definition) is 0. The van der Waals surface area contributed by atoms with Gasteiger partial charge in [0.05, 0.1) is 33.6 Å². The van der Waals surface area contributed by atoms with Crippen molar-refractivity contribution in [1.29, 1.82) is 10.5 Å². The van der Waals surface area contributed by atoms with Crippen LogP contribution in [0.2, 0.25) is 0 Å². The number of nitrogens with zero attached hydrogens (tertiary/aromatic N) is 6. The molecule has 0 fully saturated rings. The van der Waals surface area contributed by atoms with Crippen molar-refractivity contribution < 1.29 is 0 Å². The van der Waals surface area contributed by atoms with E-state index < -0.39 is 10.8 Å². The van der Waals surface area contributed by atoms with E-state index in [4.69, 9.17) is 9.97 Å². The van der Waals surface area contributed by atoms with Crippen LogP contribution >= 0.6 is 0 Å². The molecule has 15 rings (SSSR count). The molecule has 0 bridgehead atoms. The minimum Gasteiger partial charge on any atom is -0.310 e. The zero-order valence-electron chi connectivity index (χ0n) is 42.0. The van der Waals surface area contributed by atoms with Crippen LogP contribution in [0.15, 0.2) is 241 Å². The first kappa shape index (κ1) is 43.9. The summed E-state index contributed by atoms with van der Waals surface area (Å²) in [4.78, 5) is 14.6. The van der Waals surface area contributed by atoms with Crippen molar-refractivity contribution in [2.75, 3.05) is 9.80 Å². The quantitative estimate of drug-likeness (QED) is 0.175. The summed E-state index contributed by atoms with van der Waals surface area (Å²) in [5.41, 5.74) is 23.7. The highest BCUT2D eigenvalue weighted by Gasteiger charge is 2.55. The number of rotatable bonds is 4. The number of fused-ring (bicyclic) bond motifs is 17. The van der Waals surface area contributed by atoms with Crippen LogP contribution in [0.25, 0.3) is 33.6 Å². The number of hydrogen-bond acceptors (Lipinski definition) is 6. The Morgan fingerprint density at radius 3 is 1.33 bits per heavy atom. The second kappa shape index (κ2) is 16.4. The maximum atomic E-state index is 10.7. The van der Waals surface area contributed by atoms with Crippen LogP contribution in [0.5, 0.6) is 0 Å². The third-order valence-corrected chi connectivity index (χ3v) is 17.1. The van der Waals surface area contributed by atoms with Gasteiger partial charge in [-0.3, -0.25) is 0 Å². The highest BCUT2D eigenvalue weighted by Crippen LogP contribution is 2.67. The summed E-state index contributed by atoms with van der Waals surface area (Å²) < 4.78 is 0. The number of para-hydroxylation sites is 4. The Morgan fingerprint density at radius 2 is 0.882 bits per heavy atom. The summed E-state index contributed by atoms with van der Waals surface area (Å²) in [6.45, 7) is 4.67. The molecule has 0 radical (unpaired) electrons. The molecule has 8 aromatic carbocycles. The predicted molar refractivity (Wildman–Crippen MR) is 303 cm³/mol. The zero-order chi connectivity index (χ0) is 50.9. The average Bonchev–Trinajstić information content (AvgIpc) is 4.11. The van der Waals surface area contributed by atoms with Crippen molar-refractivity contribution in [3.8, 4) is 45.8 Å². The van der Waals surface area contributed by atoms with Crippen molar-refractivity contribution in [2.24, 2.45) is 11.8 Å². The highest BCUT2D eigenvalue weighted by molar-refractivity contribution is 5.97. The van der Waals surface area contributed by atoms with E-state index in [1.807, 2.05) is 24.3 Å². The molecule has 0 saturated carbocycles. The number of benzene rings is 8. The van der Waals surface area contributed by atoms with E-state index in [2.05, 4.69) is 230 Å². The topological polar surface area (TPSA) is 79.8 Å². The van der Waals surface area contributed by atoms with Crippen molar-refractivity contribution >= 4 is 34.1 Å². The van der Waals surface area contributed by atoms with Crippen molar-refractivity contribution in [3.05, 3.63) is 285 Å². The van der Waals surface area contributed by atoms with E-state index in [0.29, 0.717) is 34.4 Å². The Morgan fingerprint density at radius 1 is 0.474 bits per heavy atom. The minimum atomic E-state index is -0.504. The summed E-state index contributed by atoms with van der Waals surface area (Å²) in [7, 11) is 0. The fraction of sp³-hybridized carbons (Fsp3) is 0.114. The maximum absolute atomic E-state index is 10.7. The van der Waals surface area contributed by atoms with Crippen LogP contribution in [0, 0.1) is 34.5 Å². The van der Waals surface area contributed by atoms with Crippen LogP contribution in [0.3, 0.4) is 0 Å². The van der Waals surface area contributed by atoms with Gasteiger partial charge in [0.15, 0.2) is 11.4 Å². The molecule has 358 valence electrons. The summed E-state index contributed by atoms with van der Waals surface area (Å²) >= 11 is 0. The van der Waals surface area contributed by atoms with E-state index in [0.717, 1.165) is 47.0 Å². The van der Waals surface area contributed by atoms with Crippen LogP contribution < -0.4 is 9.80 Å². The molecule has 0 N–H and O–H groups in total. The van der Waals surface area contributed by atoms with Crippen molar-refractivity contribution in [1.82, 2.24) is 9.97 Å². The van der Waals surface area contributed by atoms with Crippen LogP contribution in [-0.2, 0) is 10.8 Å². The Hall–Kier alpha value is -9.62. The molecule has 3 heterocycles. The first-order chi connectivity index (χ1) is 37.4. The molecule has 2 aliphatic heterocycles. The fourth-order valence-electron chi connectivity index (χ4n) is 14.1. The molecule has 9 aromatic rings. The number of anilines is 6. The van der Waals surface area contributed by atoms with Gasteiger partial charge in [-0.05, 0) is 140 Å². The van der Waals surface area contributed by atoms with Gasteiger partial charge in [0.25, 0.3) is 0 Å². The van der Waals surface area contributed by atoms with E-state index >= 15 is 0 Å². The number of nitriles is 2. The molecule has 2 spiro atoms. The Labute approximate surface area is 442 Å². The largest absolute Gasteiger partial charge is 0.310 e. The molecule has 2 atom stereocenters. The zero-order valence-corrected chi connectivity index (χ0v) is 42.0. The van der Waals surface area contributed by atoms with Crippen LogP contribution in [0.4, 0.5) is 34.1 Å². The molecule has 6 nitrogen and oxygen atoms in total. The normalized spacial score (nSPS) is 18.2. The summed E-state index contributed by atoms with van der Waals surface area (Å²) in [5, 5.41) is 21.5. The SMILES string of the molecule is CC1C=C2C(=CC1)C1=C(CC(C)C=C1)C21c2ccccc2N(c2ccc(-c3nc(C#N)c(-c4ccc(N5c6ccccc6C6(c7ccccc7-c7ccccc76)c6ccccc65)cc4)nc3C#N)cc2)c2ccccc21. The van der Waals surface area contributed by atoms with E-state index in [9.17, 15) is 10.5 Å². The standard InChI is InChI=1S/C70H48N6/c1-43-27-37-51-52-38-28-44(2)40-60(52)70(59(51)39-43)57-21-9-13-25-65(57)76(66-26-14-10-22-58(66)70)48-35-31-46(32-36-48)68-62(42-72)73-67(61(41-71)74-68)45-29-33-47(34-30-45)75-63-23-11-7-19-55(63)69(56-20-8-12-24-64(56)75)53-17-5-3-15-49(53)50-16-4-6-18-54(50)69/h3-27,29-38,40,43-44H,28,39H2,1-2H3. The molecular formula is C70H48N6. The van der Waals surface area contributed by atoms with Gasteiger partial charge < -0.3 is 9.80 Å². The Balaban J connectivity index is 0.789. The lowest BCUT2D eigenvalue weighted by molar-refractivity contribution is 0.604. The first-order valence-corrected chi connectivity index (χ1v) is 26.4. The fourth-order valence-corrected chi connectivity index (χ4v) is 14.1. The molecule has 6 aliphatic rings. The van der Waals surface area contributed by atoms with Crippen molar-refractivity contribution in [2.45, 2.75) is 37.5 Å². The highest BCUT2D eigenvalue weighted by atomic mass is 15.2. The molecule has 6 heteroatoms. The first-order valence-electron chi connectivity index (χ1n) is 26.4. The molecular weight excluding hydrogens is 925 g/mol. The van der Waals surface area contributed by atoms with Gasteiger partial charge >= 0.3 is 0 Å². The number of allylic oxidation sites excluding steroid dienone is 8.